The molecule has 83 heavy (non-hydrogen) atoms. The Morgan fingerprint density at radius 3 is 1.12 bits per heavy atom. The van der Waals surface area contributed by atoms with Crippen LogP contribution >= 0.6 is 7.82 Å². The van der Waals surface area contributed by atoms with Gasteiger partial charge in [0.05, 0.1) is 33.8 Å². The summed E-state index contributed by atoms with van der Waals surface area (Å²) < 4.78 is 30.5. The van der Waals surface area contributed by atoms with Gasteiger partial charge in [0.25, 0.3) is 7.82 Å². The molecule has 0 heterocycles. The first-order chi connectivity index (χ1) is 40.4. The number of phosphoric ester groups is 1. The maximum atomic E-state index is 13.6. The van der Waals surface area contributed by atoms with E-state index in [4.69, 9.17) is 13.8 Å². The van der Waals surface area contributed by atoms with Gasteiger partial charge < -0.3 is 28.5 Å². The number of quaternary nitrogens is 1. The molecule has 0 spiro atoms. The van der Waals surface area contributed by atoms with Crippen LogP contribution in [0.2, 0.25) is 0 Å². The molecule has 0 bridgehead atoms. The molecule has 0 saturated heterocycles. The van der Waals surface area contributed by atoms with E-state index in [-0.39, 0.29) is 31.5 Å². The number of nitrogens with zero attached hydrogens (tertiary/aromatic N) is 1. The molecule has 3 unspecified atom stereocenters. The molecule has 0 saturated carbocycles. The van der Waals surface area contributed by atoms with Crippen LogP contribution in [0.15, 0.2) is 60.8 Å². The number of rotatable bonds is 65. The molecule has 9 nitrogen and oxygen atoms in total. The molecule has 0 aromatic heterocycles. The smallest absolute Gasteiger partial charge is 0.306 e. The van der Waals surface area contributed by atoms with Crippen molar-refractivity contribution in [3.8, 4) is 0 Å². The fraction of sp³-hybridized carbons (Fsp3) is 0.836. The van der Waals surface area contributed by atoms with E-state index in [0.717, 1.165) is 89.9 Å². The Labute approximate surface area is 515 Å². The number of unbranched alkanes of at least 4 members (excludes halogenated alkanes) is 41. The minimum absolute atomic E-state index is 0.0236. The fourth-order valence-electron chi connectivity index (χ4n) is 10.4. The summed E-state index contributed by atoms with van der Waals surface area (Å²) in [6.45, 7) is 6.86. The lowest BCUT2D eigenvalue weighted by atomic mass is 10.0. The topological polar surface area (TPSA) is 114 Å². The predicted molar refractivity (Wildman–Crippen MR) is 358 cm³/mol. The van der Waals surface area contributed by atoms with Crippen molar-refractivity contribution in [1.82, 2.24) is 5.32 Å². The highest BCUT2D eigenvalue weighted by atomic mass is 31.2. The zero-order chi connectivity index (χ0) is 60.7. The van der Waals surface area contributed by atoms with Crippen LogP contribution in [-0.4, -0.2) is 69.4 Å². The number of esters is 1. The van der Waals surface area contributed by atoms with E-state index >= 15 is 0 Å². The number of carbonyl (C=O) groups is 2. The maximum Gasteiger partial charge on any atom is 0.306 e. The van der Waals surface area contributed by atoms with Crippen LogP contribution in [-0.2, 0) is 27.9 Å². The van der Waals surface area contributed by atoms with Crippen LogP contribution in [0, 0.1) is 0 Å². The van der Waals surface area contributed by atoms with Gasteiger partial charge in [0.2, 0.25) is 5.91 Å². The summed E-state index contributed by atoms with van der Waals surface area (Å²) in [6.07, 6.45) is 80.5. The molecular weight excluding hydrogens is 1050 g/mol. The van der Waals surface area contributed by atoms with Crippen molar-refractivity contribution in [3.63, 3.8) is 0 Å². The molecule has 486 valence electrons. The Morgan fingerprint density at radius 2 is 0.735 bits per heavy atom. The highest BCUT2D eigenvalue weighted by Crippen LogP contribution is 2.38. The first-order valence-corrected chi connectivity index (χ1v) is 37.1. The van der Waals surface area contributed by atoms with Crippen molar-refractivity contribution in [2.75, 3.05) is 40.9 Å². The predicted octanol–water partition coefficient (Wildman–Crippen LogP) is 21.9. The van der Waals surface area contributed by atoms with Gasteiger partial charge in [-0.2, -0.15) is 0 Å². The number of likely N-dealkylation sites (N-methyl/N-ethyl adjacent to an activating group) is 1. The Bertz CT molecular complexity index is 1600. The summed E-state index contributed by atoms with van der Waals surface area (Å²) in [4.78, 5) is 40.2. The average molecular weight is 1190 g/mol. The van der Waals surface area contributed by atoms with Crippen LogP contribution in [0.5, 0.6) is 0 Å². The third-order valence-electron chi connectivity index (χ3n) is 16.0. The van der Waals surface area contributed by atoms with Crippen molar-refractivity contribution in [3.05, 3.63) is 60.8 Å². The summed E-state index contributed by atoms with van der Waals surface area (Å²) in [7, 11) is 1.19. The van der Waals surface area contributed by atoms with Crippen molar-refractivity contribution < 1.29 is 37.3 Å². The quantitative estimate of drug-likeness (QED) is 0.0212. The molecule has 0 aromatic rings. The molecule has 0 fully saturated rings. The molecule has 0 aliphatic carbocycles. The van der Waals surface area contributed by atoms with E-state index in [1.807, 2.05) is 33.3 Å². The molecule has 0 rings (SSSR count). The van der Waals surface area contributed by atoms with Gasteiger partial charge in [-0.15, -0.1) is 0 Å². The van der Waals surface area contributed by atoms with Crippen LogP contribution in [0.25, 0.3) is 0 Å². The normalized spacial score (nSPS) is 13.9. The fourth-order valence-corrected chi connectivity index (χ4v) is 11.2. The second-order valence-electron chi connectivity index (χ2n) is 25.4. The van der Waals surface area contributed by atoms with Gasteiger partial charge in [-0.3, -0.25) is 14.2 Å². The van der Waals surface area contributed by atoms with Crippen LogP contribution < -0.4 is 10.2 Å². The van der Waals surface area contributed by atoms with Crippen LogP contribution in [0.1, 0.15) is 342 Å². The number of nitrogens with one attached hydrogen (secondary N) is 1. The molecule has 1 amide bonds. The number of ether oxygens (including phenoxy) is 1. The SMILES string of the molecule is CCCCC/C=C\C/C=C\C/C=C\C/C=C\CCCCCCCCCC(=O)OC(/C=C/CCCCCCCCCCCCC)C(COP(=O)([O-])OCC[N+](C)(C)C)NC(=O)CCCCCCCCCCCCCCCCCCCCCCC. The van der Waals surface area contributed by atoms with Gasteiger partial charge in [-0.05, 0) is 76.7 Å². The van der Waals surface area contributed by atoms with Crippen molar-refractivity contribution in [2.24, 2.45) is 0 Å². The molecule has 10 heteroatoms. The van der Waals surface area contributed by atoms with E-state index in [1.54, 1.807) is 0 Å². The lowest BCUT2D eigenvalue weighted by Gasteiger charge is -2.30. The second kappa shape index (κ2) is 62.8. The lowest BCUT2D eigenvalue weighted by molar-refractivity contribution is -0.870. The minimum atomic E-state index is -4.71. The maximum absolute atomic E-state index is 13.6. The monoisotopic (exact) mass is 1190 g/mol. The number of hydrogen-bond acceptors (Lipinski definition) is 7. The zero-order valence-corrected chi connectivity index (χ0v) is 56.6. The first kappa shape index (κ1) is 80.7. The molecule has 0 aliphatic heterocycles. The third kappa shape index (κ3) is 64.0. The van der Waals surface area contributed by atoms with E-state index in [9.17, 15) is 19.0 Å². The van der Waals surface area contributed by atoms with Crippen molar-refractivity contribution in [2.45, 2.75) is 354 Å². The van der Waals surface area contributed by atoms with E-state index in [1.165, 1.54) is 218 Å². The van der Waals surface area contributed by atoms with E-state index in [0.29, 0.717) is 17.4 Å². The number of amides is 1. The third-order valence-corrected chi connectivity index (χ3v) is 16.9. The minimum Gasteiger partial charge on any atom is -0.756 e. The summed E-state index contributed by atoms with van der Waals surface area (Å²) in [5, 5.41) is 3.05. The Balaban J connectivity index is 5.14. The number of carbonyl (C=O) groups excluding carboxylic acids is 2. The van der Waals surface area contributed by atoms with Gasteiger partial charge in [-0.1, -0.05) is 313 Å². The molecular formula is C73H137N2O7P. The van der Waals surface area contributed by atoms with E-state index in [2.05, 4.69) is 74.7 Å². The standard InChI is InChI=1S/C73H137N2O7P/c1-7-10-13-16-19-22-25-28-30-32-34-36-37-39-41-43-45-48-51-54-57-60-63-66-73(77)82-71(64-61-58-55-52-49-46-27-24-21-18-15-12-9-3)70(69-81-83(78,79)80-68-67-75(4,5)6)74-72(76)65-62-59-56-53-50-47-44-42-40-38-35-33-31-29-26-23-20-17-14-11-8-2/h19,22,28,30,34,36,39,41,61,64,70-71H,7-18,20-21,23-27,29,31-33,35,37-38,40,42-60,62-63,65-69H2,1-6H3,(H-,74,76,78,79)/b22-19-,30-28-,36-34-,41-39-,64-61+. The second-order valence-corrected chi connectivity index (χ2v) is 26.8. The van der Waals surface area contributed by atoms with Gasteiger partial charge in [0.1, 0.15) is 19.3 Å². The van der Waals surface area contributed by atoms with Gasteiger partial charge in [0.15, 0.2) is 0 Å². The molecule has 0 aliphatic rings. The number of phosphoric acid groups is 1. The average Bonchev–Trinajstić information content (AvgIpc) is 3.47. The Morgan fingerprint density at radius 1 is 0.422 bits per heavy atom. The Kier molecular flexibility index (Phi) is 61.0. The van der Waals surface area contributed by atoms with Crippen molar-refractivity contribution in [1.29, 1.82) is 0 Å². The summed E-state index contributed by atoms with van der Waals surface area (Å²) in [5.41, 5.74) is 0. The highest BCUT2D eigenvalue weighted by molar-refractivity contribution is 7.45. The zero-order valence-electron chi connectivity index (χ0n) is 55.7. The first-order valence-electron chi connectivity index (χ1n) is 35.6. The van der Waals surface area contributed by atoms with E-state index < -0.39 is 20.0 Å². The number of allylic oxidation sites excluding steroid dienone is 9. The number of hydrogen-bond donors (Lipinski definition) is 1. The largest absolute Gasteiger partial charge is 0.756 e. The van der Waals surface area contributed by atoms with Crippen LogP contribution in [0.3, 0.4) is 0 Å². The lowest BCUT2D eigenvalue weighted by Crippen LogP contribution is -2.47. The molecule has 0 aromatic carbocycles. The summed E-state index contributed by atoms with van der Waals surface area (Å²) in [6, 6.07) is -0.893. The highest BCUT2D eigenvalue weighted by Gasteiger charge is 2.27. The summed E-state index contributed by atoms with van der Waals surface area (Å²) in [5.74, 6) is -0.538. The van der Waals surface area contributed by atoms with Crippen molar-refractivity contribution >= 4 is 19.7 Å². The van der Waals surface area contributed by atoms with Crippen LogP contribution in [0.4, 0.5) is 0 Å². The molecule has 0 radical (unpaired) electrons. The molecule has 1 N–H and O–H groups in total. The Hall–Kier alpha value is -2.29. The van der Waals surface area contributed by atoms with Gasteiger partial charge >= 0.3 is 5.97 Å². The van der Waals surface area contributed by atoms with Gasteiger partial charge in [0, 0.05) is 12.8 Å². The molecule has 3 atom stereocenters. The van der Waals surface area contributed by atoms with Gasteiger partial charge in [-0.25, -0.2) is 0 Å². The summed E-state index contributed by atoms with van der Waals surface area (Å²) >= 11 is 0.